The number of anilines is 1. The number of nitrogens with zero attached hydrogens (tertiary/aromatic N) is 3. The minimum absolute atomic E-state index is 0.641. The van der Waals surface area contributed by atoms with Crippen molar-refractivity contribution in [1.82, 2.24) is 15.0 Å². The van der Waals surface area contributed by atoms with Crippen LogP contribution in [0.3, 0.4) is 0 Å². The maximum absolute atomic E-state index is 5.64. The van der Waals surface area contributed by atoms with Gasteiger partial charge in [-0.3, -0.25) is 0 Å². The van der Waals surface area contributed by atoms with Crippen LogP contribution in [-0.4, -0.2) is 21.5 Å². The molecule has 0 aliphatic heterocycles. The predicted molar refractivity (Wildman–Crippen MR) is 84.9 cm³/mol. The molecule has 2 rings (SSSR count). The fourth-order valence-corrected chi connectivity index (χ4v) is 2.86. The number of rotatable bonds is 7. The van der Waals surface area contributed by atoms with Crippen molar-refractivity contribution in [2.24, 2.45) is 0 Å². The molecule has 0 atom stereocenters. The summed E-state index contributed by atoms with van der Waals surface area (Å²) < 4.78 is 5.64. The lowest BCUT2D eigenvalue weighted by Gasteiger charge is -2.12. The summed E-state index contributed by atoms with van der Waals surface area (Å²) in [6.45, 7) is 9.08. The van der Waals surface area contributed by atoms with E-state index in [2.05, 4.69) is 34.1 Å². The molecule has 0 unspecified atom stereocenters. The van der Waals surface area contributed by atoms with Gasteiger partial charge in [0.05, 0.1) is 5.69 Å². The second-order valence-corrected chi connectivity index (χ2v) is 5.85. The molecule has 0 fully saturated rings. The maximum atomic E-state index is 5.64. The molecular weight excluding hydrogens is 284 g/mol. The van der Waals surface area contributed by atoms with Gasteiger partial charge >= 0.3 is 0 Å². The lowest BCUT2D eigenvalue weighted by atomic mass is 10.2. The topological polar surface area (TPSA) is 63.8 Å². The zero-order valence-corrected chi connectivity index (χ0v) is 13.9. The lowest BCUT2D eigenvalue weighted by molar-refractivity contribution is 0.431. The van der Waals surface area contributed by atoms with Crippen LogP contribution in [-0.2, 0) is 6.42 Å². The van der Waals surface area contributed by atoms with Crippen molar-refractivity contribution in [3.63, 3.8) is 0 Å². The molecule has 0 radical (unpaired) electrons. The van der Waals surface area contributed by atoms with Crippen molar-refractivity contribution >= 4 is 17.6 Å². The smallest absolute Gasteiger partial charge is 0.262 e. The molecule has 114 valence electrons. The quantitative estimate of drug-likeness (QED) is 0.780. The van der Waals surface area contributed by atoms with Crippen molar-refractivity contribution in [3.8, 4) is 0 Å². The van der Waals surface area contributed by atoms with Crippen LogP contribution in [0.2, 0.25) is 0 Å². The molecule has 5 nitrogen and oxygen atoms in total. The van der Waals surface area contributed by atoms with Crippen LogP contribution in [0.15, 0.2) is 21.0 Å². The summed E-state index contributed by atoms with van der Waals surface area (Å²) in [5.74, 6) is 1.78. The fraction of sp³-hybridized carbons (Fsp3) is 0.533. The van der Waals surface area contributed by atoms with E-state index in [1.54, 1.807) is 6.33 Å². The summed E-state index contributed by atoms with van der Waals surface area (Å²) >= 11 is 1.47. The maximum Gasteiger partial charge on any atom is 0.262 e. The van der Waals surface area contributed by atoms with Crippen LogP contribution in [0, 0.1) is 13.8 Å². The van der Waals surface area contributed by atoms with E-state index in [-0.39, 0.29) is 0 Å². The zero-order valence-electron chi connectivity index (χ0n) is 13.1. The highest BCUT2D eigenvalue weighted by Crippen LogP contribution is 2.32. The Kier molecular flexibility index (Phi) is 5.61. The monoisotopic (exact) mass is 306 g/mol. The van der Waals surface area contributed by atoms with Gasteiger partial charge < -0.3 is 9.73 Å². The van der Waals surface area contributed by atoms with E-state index in [1.807, 2.05) is 13.8 Å². The van der Waals surface area contributed by atoms with Crippen LogP contribution in [0.4, 0.5) is 5.82 Å². The molecule has 0 saturated heterocycles. The first-order chi connectivity index (χ1) is 10.2. The van der Waals surface area contributed by atoms with Crippen molar-refractivity contribution < 1.29 is 4.42 Å². The van der Waals surface area contributed by atoms with E-state index in [4.69, 9.17) is 4.42 Å². The molecule has 0 aromatic carbocycles. The standard InChI is InChI=1S/C15H22N4OS/c1-5-7-12-13(16-8-6-2)17-9-18-14(12)21-15-19-10(3)11(4)20-15/h9H,5-8H2,1-4H3,(H,16,17,18). The predicted octanol–water partition coefficient (Wildman–Crippen LogP) is 4.01. The summed E-state index contributed by atoms with van der Waals surface area (Å²) in [4.78, 5) is 13.2. The number of oxazole rings is 1. The normalized spacial score (nSPS) is 10.9. The summed E-state index contributed by atoms with van der Waals surface area (Å²) in [5.41, 5.74) is 2.07. The van der Waals surface area contributed by atoms with Crippen LogP contribution in [0.25, 0.3) is 0 Å². The molecule has 0 bridgehead atoms. The number of hydrogen-bond acceptors (Lipinski definition) is 6. The van der Waals surface area contributed by atoms with E-state index in [0.29, 0.717) is 5.22 Å². The summed E-state index contributed by atoms with van der Waals surface area (Å²) in [6, 6.07) is 0. The molecular formula is C15H22N4OS. The van der Waals surface area contributed by atoms with E-state index < -0.39 is 0 Å². The molecule has 6 heteroatoms. The molecule has 0 amide bonds. The fourth-order valence-electron chi connectivity index (χ4n) is 1.92. The van der Waals surface area contributed by atoms with Gasteiger partial charge in [-0.15, -0.1) is 0 Å². The first-order valence-electron chi connectivity index (χ1n) is 7.35. The Balaban J connectivity index is 2.28. The van der Waals surface area contributed by atoms with Crippen LogP contribution in [0.5, 0.6) is 0 Å². The Hall–Kier alpha value is -1.56. The van der Waals surface area contributed by atoms with E-state index in [0.717, 1.165) is 53.7 Å². The molecule has 0 aliphatic rings. The van der Waals surface area contributed by atoms with Crippen molar-refractivity contribution in [3.05, 3.63) is 23.3 Å². The van der Waals surface area contributed by atoms with Gasteiger partial charge in [-0.2, -0.15) is 0 Å². The van der Waals surface area contributed by atoms with E-state index in [1.165, 1.54) is 11.8 Å². The first kappa shape index (κ1) is 15.8. The highest BCUT2D eigenvalue weighted by Gasteiger charge is 2.15. The van der Waals surface area contributed by atoms with Gasteiger partial charge in [-0.1, -0.05) is 20.3 Å². The van der Waals surface area contributed by atoms with Gasteiger partial charge in [-0.05, 0) is 38.5 Å². The number of hydrogen-bond donors (Lipinski definition) is 1. The third-order valence-electron chi connectivity index (χ3n) is 3.14. The number of aryl methyl sites for hydroxylation is 2. The minimum atomic E-state index is 0.641. The van der Waals surface area contributed by atoms with E-state index >= 15 is 0 Å². The van der Waals surface area contributed by atoms with Crippen molar-refractivity contribution in [1.29, 1.82) is 0 Å². The molecule has 0 aliphatic carbocycles. The van der Waals surface area contributed by atoms with Crippen LogP contribution >= 0.6 is 11.8 Å². The number of nitrogens with one attached hydrogen (secondary N) is 1. The highest BCUT2D eigenvalue weighted by molar-refractivity contribution is 7.99. The minimum Gasteiger partial charge on any atom is -0.436 e. The van der Waals surface area contributed by atoms with Gasteiger partial charge in [0.2, 0.25) is 0 Å². The molecule has 2 aromatic rings. The molecule has 0 spiro atoms. The van der Waals surface area contributed by atoms with Crippen molar-refractivity contribution in [2.45, 2.75) is 57.2 Å². The Morgan fingerprint density at radius 3 is 2.62 bits per heavy atom. The Labute approximate surface area is 130 Å². The third-order valence-corrected chi connectivity index (χ3v) is 4.04. The van der Waals surface area contributed by atoms with Gasteiger partial charge in [-0.25, -0.2) is 15.0 Å². The largest absolute Gasteiger partial charge is 0.436 e. The highest BCUT2D eigenvalue weighted by atomic mass is 32.2. The SMILES string of the molecule is CCCNc1ncnc(Sc2nc(C)c(C)o2)c1CCC. The van der Waals surface area contributed by atoms with Crippen LogP contribution < -0.4 is 5.32 Å². The number of aromatic nitrogens is 3. The first-order valence-corrected chi connectivity index (χ1v) is 8.17. The Morgan fingerprint density at radius 2 is 2.00 bits per heavy atom. The average molecular weight is 306 g/mol. The van der Waals surface area contributed by atoms with Crippen LogP contribution in [0.1, 0.15) is 43.7 Å². The molecule has 21 heavy (non-hydrogen) atoms. The van der Waals surface area contributed by atoms with Gasteiger partial charge in [0.1, 0.15) is 22.9 Å². The lowest BCUT2D eigenvalue weighted by Crippen LogP contribution is -2.07. The second-order valence-electron chi connectivity index (χ2n) is 4.91. The van der Waals surface area contributed by atoms with Crippen molar-refractivity contribution in [2.75, 3.05) is 11.9 Å². The summed E-state index contributed by atoms with van der Waals surface area (Å²) in [6.07, 6.45) is 4.65. The molecule has 1 N–H and O–H groups in total. The van der Waals surface area contributed by atoms with E-state index in [9.17, 15) is 0 Å². The zero-order chi connectivity index (χ0) is 15.2. The van der Waals surface area contributed by atoms with Gasteiger partial charge in [0, 0.05) is 12.1 Å². The Morgan fingerprint density at radius 1 is 1.19 bits per heavy atom. The molecule has 2 aromatic heterocycles. The molecule has 2 heterocycles. The van der Waals surface area contributed by atoms with Gasteiger partial charge in [0.25, 0.3) is 5.22 Å². The third kappa shape index (κ3) is 3.97. The Bertz CT molecular complexity index is 578. The second kappa shape index (κ2) is 7.45. The summed E-state index contributed by atoms with van der Waals surface area (Å²) in [5, 5.41) is 4.94. The average Bonchev–Trinajstić information content (AvgIpc) is 2.78. The molecule has 0 saturated carbocycles. The van der Waals surface area contributed by atoms with Gasteiger partial charge in [0.15, 0.2) is 0 Å². The summed E-state index contributed by atoms with van der Waals surface area (Å²) in [7, 11) is 0.